The van der Waals surface area contributed by atoms with E-state index in [1.807, 2.05) is 48.0 Å². The maximum atomic E-state index is 5.93. The minimum absolute atomic E-state index is 0.498. The van der Waals surface area contributed by atoms with Crippen molar-refractivity contribution in [2.45, 2.75) is 6.92 Å². The van der Waals surface area contributed by atoms with Crippen LogP contribution < -0.4 is 10.1 Å². The number of nitrogens with zero attached hydrogens (tertiary/aromatic N) is 3. The lowest BCUT2D eigenvalue weighted by Crippen LogP contribution is -2.03. The molecule has 0 saturated heterocycles. The van der Waals surface area contributed by atoms with E-state index in [1.54, 1.807) is 6.20 Å². The molecule has 1 N–H and O–H groups in total. The Hall–Kier alpha value is -1.83. The van der Waals surface area contributed by atoms with Gasteiger partial charge >= 0.3 is 0 Å². The molecule has 1 aromatic carbocycles. The van der Waals surface area contributed by atoms with E-state index in [-0.39, 0.29) is 0 Å². The van der Waals surface area contributed by atoms with Gasteiger partial charge in [0.2, 0.25) is 5.65 Å². The van der Waals surface area contributed by atoms with Crippen molar-refractivity contribution >= 4 is 34.1 Å². The summed E-state index contributed by atoms with van der Waals surface area (Å²) in [6.07, 6.45) is 5.50. The molecule has 0 aliphatic heterocycles. The Morgan fingerprint density at radius 3 is 3.00 bits per heavy atom. The molecule has 3 rings (SSSR count). The first-order chi connectivity index (χ1) is 9.78. The second-order valence-electron chi connectivity index (χ2n) is 4.15. The fourth-order valence-electron chi connectivity index (χ4n) is 1.87. The molecule has 0 spiro atoms. The number of para-hydroxylation sites is 1. The molecule has 0 aliphatic carbocycles. The Morgan fingerprint density at radius 1 is 1.35 bits per heavy atom. The van der Waals surface area contributed by atoms with Crippen molar-refractivity contribution in [2.24, 2.45) is 0 Å². The van der Waals surface area contributed by atoms with Gasteiger partial charge in [-0.1, -0.05) is 12.1 Å². The molecule has 0 aliphatic rings. The lowest BCUT2D eigenvalue weighted by atomic mass is 10.3. The van der Waals surface area contributed by atoms with Crippen molar-refractivity contribution in [3.8, 4) is 11.6 Å². The molecule has 0 fully saturated rings. The highest BCUT2D eigenvalue weighted by Gasteiger charge is 2.11. The monoisotopic (exact) mass is 380 g/mol. The zero-order valence-electron chi connectivity index (χ0n) is 10.9. The molecule has 0 saturated carbocycles. The molecule has 0 unspecified atom stereocenters. The Balaban J connectivity index is 2.05. The van der Waals surface area contributed by atoms with Gasteiger partial charge in [0.25, 0.3) is 5.88 Å². The summed E-state index contributed by atoms with van der Waals surface area (Å²) in [6.45, 7) is 2.83. The highest BCUT2D eigenvalue weighted by atomic mass is 127. The fourth-order valence-corrected chi connectivity index (χ4v) is 2.37. The first-order valence-electron chi connectivity index (χ1n) is 6.28. The van der Waals surface area contributed by atoms with E-state index in [4.69, 9.17) is 4.74 Å². The second-order valence-corrected chi connectivity index (χ2v) is 5.31. The van der Waals surface area contributed by atoms with Crippen molar-refractivity contribution in [3.05, 3.63) is 46.4 Å². The molecule has 2 aromatic heterocycles. The molecule has 0 atom stereocenters. The summed E-state index contributed by atoms with van der Waals surface area (Å²) in [5.74, 6) is 2.04. The molecule has 3 aromatic rings. The van der Waals surface area contributed by atoms with Crippen molar-refractivity contribution in [1.29, 1.82) is 0 Å². The van der Waals surface area contributed by atoms with E-state index in [0.29, 0.717) is 11.5 Å². The maximum absolute atomic E-state index is 5.93. The second kappa shape index (κ2) is 5.66. The molecule has 2 heterocycles. The zero-order valence-corrected chi connectivity index (χ0v) is 13.0. The van der Waals surface area contributed by atoms with Crippen LogP contribution in [0.3, 0.4) is 0 Å². The Bertz CT molecular complexity index is 741. The zero-order chi connectivity index (χ0) is 13.9. The van der Waals surface area contributed by atoms with Gasteiger partial charge < -0.3 is 10.1 Å². The minimum Gasteiger partial charge on any atom is -0.435 e. The van der Waals surface area contributed by atoms with Crippen molar-refractivity contribution in [2.75, 3.05) is 11.9 Å². The number of nitrogens with one attached hydrogen (secondary N) is 1. The number of hydrogen-bond donors (Lipinski definition) is 1. The predicted octanol–water partition coefficient (Wildman–Crippen LogP) is 3.56. The normalized spacial score (nSPS) is 10.7. The predicted molar refractivity (Wildman–Crippen MR) is 86.4 cm³/mol. The lowest BCUT2D eigenvalue weighted by Gasteiger charge is -2.10. The topological polar surface area (TPSA) is 51.5 Å². The van der Waals surface area contributed by atoms with Crippen LogP contribution in [0.4, 0.5) is 5.82 Å². The summed E-state index contributed by atoms with van der Waals surface area (Å²) in [5.41, 5.74) is 0.700. The third-order valence-electron chi connectivity index (χ3n) is 2.74. The molecule has 6 heteroatoms. The van der Waals surface area contributed by atoms with Crippen molar-refractivity contribution < 1.29 is 4.74 Å². The summed E-state index contributed by atoms with van der Waals surface area (Å²) in [6, 6.07) is 7.83. The number of benzene rings is 1. The first-order valence-corrected chi connectivity index (χ1v) is 7.36. The number of aromatic nitrogens is 3. The van der Waals surface area contributed by atoms with Crippen LogP contribution in [0, 0.1) is 3.57 Å². The van der Waals surface area contributed by atoms with Crippen LogP contribution in [0.2, 0.25) is 0 Å². The molecule has 0 amide bonds. The van der Waals surface area contributed by atoms with Crippen LogP contribution in [0.5, 0.6) is 11.6 Å². The van der Waals surface area contributed by atoms with Crippen LogP contribution in [-0.4, -0.2) is 20.9 Å². The van der Waals surface area contributed by atoms with E-state index in [2.05, 4.69) is 37.9 Å². The summed E-state index contributed by atoms with van der Waals surface area (Å²) < 4.78 is 8.86. The van der Waals surface area contributed by atoms with Crippen LogP contribution in [0.25, 0.3) is 5.65 Å². The van der Waals surface area contributed by atoms with E-state index in [9.17, 15) is 0 Å². The number of anilines is 1. The number of imidazole rings is 1. The number of halogens is 1. The standard InChI is InChI=1S/C14H13IN4O/c1-2-16-12-9-19-8-7-17-13(19)14(18-12)20-11-6-4-3-5-10(11)15/h3-9,16H,2H2,1H3. The Morgan fingerprint density at radius 2 is 2.20 bits per heavy atom. The van der Waals surface area contributed by atoms with Crippen LogP contribution in [-0.2, 0) is 0 Å². The third-order valence-corrected chi connectivity index (χ3v) is 3.64. The summed E-state index contributed by atoms with van der Waals surface area (Å²) >= 11 is 2.24. The number of rotatable bonds is 4. The quantitative estimate of drug-likeness (QED) is 0.704. The van der Waals surface area contributed by atoms with Crippen LogP contribution in [0.1, 0.15) is 6.92 Å². The molecular formula is C14H13IN4O. The van der Waals surface area contributed by atoms with Crippen molar-refractivity contribution in [1.82, 2.24) is 14.4 Å². The molecule has 20 heavy (non-hydrogen) atoms. The number of fused-ring (bicyclic) bond motifs is 1. The molecular weight excluding hydrogens is 367 g/mol. The van der Waals surface area contributed by atoms with E-state index in [0.717, 1.165) is 21.7 Å². The van der Waals surface area contributed by atoms with Gasteiger partial charge in [0.1, 0.15) is 11.6 Å². The van der Waals surface area contributed by atoms with Gasteiger partial charge in [0, 0.05) is 18.9 Å². The van der Waals surface area contributed by atoms with Gasteiger partial charge in [-0.3, -0.25) is 4.40 Å². The van der Waals surface area contributed by atoms with Gasteiger partial charge in [0.15, 0.2) is 0 Å². The summed E-state index contributed by atoms with van der Waals surface area (Å²) in [5, 5.41) is 3.19. The molecule has 0 radical (unpaired) electrons. The maximum Gasteiger partial charge on any atom is 0.265 e. The fraction of sp³-hybridized carbons (Fsp3) is 0.143. The number of ether oxygens (including phenoxy) is 1. The minimum atomic E-state index is 0.498. The van der Waals surface area contributed by atoms with Crippen LogP contribution in [0.15, 0.2) is 42.9 Å². The van der Waals surface area contributed by atoms with Gasteiger partial charge in [-0.15, -0.1) is 0 Å². The largest absolute Gasteiger partial charge is 0.435 e. The van der Waals surface area contributed by atoms with Crippen LogP contribution >= 0.6 is 22.6 Å². The molecule has 0 bridgehead atoms. The Kier molecular flexibility index (Phi) is 3.72. The van der Waals surface area contributed by atoms with Gasteiger partial charge in [0.05, 0.1) is 9.77 Å². The highest BCUT2D eigenvalue weighted by Crippen LogP contribution is 2.28. The average Bonchev–Trinajstić information content (AvgIpc) is 2.90. The third kappa shape index (κ3) is 2.55. The molecule has 5 nitrogen and oxygen atoms in total. The average molecular weight is 380 g/mol. The number of hydrogen-bond acceptors (Lipinski definition) is 4. The van der Waals surface area contributed by atoms with Gasteiger partial charge in [-0.05, 0) is 41.6 Å². The summed E-state index contributed by atoms with van der Waals surface area (Å²) in [7, 11) is 0. The smallest absolute Gasteiger partial charge is 0.265 e. The SMILES string of the molecule is CCNc1cn2ccnc2c(Oc2ccccc2I)n1. The Labute approximate surface area is 130 Å². The lowest BCUT2D eigenvalue weighted by molar-refractivity contribution is 0.462. The summed E-state index contributed by atoms with van der Waals surface area (Å²) in [4.78, 5) is 8.77. The highest BCUT2D eigenvalue weighted by molar-refractivity contribution is 14.1. The van der Waals surface area contributed by atoms with E-state index < -0.39 is 0 Å². The molecule has 102 valence electrons. The van der Waals surface area contributed by atoms with Gasteiger partial charge in [-0.25, -0.2) is 4.98 Å². The van der Waals surface area contributed by atoms with E-state index >= 15 is 0 Å². The van der Waals surface area contributed by atoms with Gasteiger partial charge in [-0.2, -0.15) is 4.98 Å². The van der Waals surface area contributed by atoms with E-state index in [1.165, 1.54) is 0 Å². The van der Waals surface area contributed by atoms with Crippen molar-refractivity contribution in [3.63, 3.8) is 0 Å². The first kappa shape index (κ1) is 13.2.